The van der Waals surface area contributed by atoms with E-state index in [1.807, 2.05) is 11.9 Å². The Labute approximate surface area is 159 Å². The maximum Gasteiger partial charge on any atom is 0.258 e. The van der Waals surface area contributed by atoms with Crippen LogP contribution in [0.5, 0.6) is 0 Å². The van der Waals surface area contributed by atoms with Crippen LogP contribution in [0.1, 0.15) is 41.6 Å². The first-order valence-electron chi connectivity index (χ1n) is 9.05. The summed E-state index contributed by atoms with van der Waals surface area (Å²) in [6.45, 7) is 6.39. The highest BCUT2D eigenvalue weighted by Gasteiger charge is 2.13. The van der Waals surface area contributed by atoms with Crippen molar-refractivity contribution in [3.05, 3.63) is 57.9 Å². The molecule has 1 fully saturated rings. The van der Waals surface area contributed by atoms with Gasteiger partial charge in [-0.1, -0.05) is 47.9 Å². The topological polar surface area (TPSA) is 50.2 Å². The standard InChI is InChI=1S/C20H25ClN4O/c1-15-6-8-17(9-7-15)14-25-20(21)18(16(2)22-25)10-11-19(26)23-24-12-4-3-5-13-24/h6-11H,3-5,12-14H2,1-2H3,(H,23,26)/b11-10+. The fourth-order valence-corrected chi connectivity index (χ4v) is 3.38. The van der Waals surface area contributed by atoms with Crippen LogP contribution >= 0.6 is 11.6 Å². The summed E-state index contributed by atoms with van der Waals surface area (Å²) in [5, 5.41) is 7.04. The summed E-state index contributed by atoms with van der Waals surface area (Å²) in [5.74, 6) is -0.131. The van der Waals surface area contributed by atoms with Crippen molar-refractivity contribution in [2.24, 2.45) is 0 Å². The van der Waals surface area contributed by atoms with E-state index in [1.54, 1.807) is 10.8 Å². The first-order valence-corrected chi connectivity index (χ1v) is 9.43. The van der Waals surface area contributed by atoms with Gasteiger partial charge in [-0.3, -0.25) is 10.2 Å². The smallest absolute Gasteiger partial charge is 0.258 e. The van der Waals surface area contributed by atoms with Crippen molar-refractivity contribution in [3.8, 4) is 0 Å². The molecule has 1 aliphatic rings. The average molecular weight is 373 g/mol. The van der Waals surface area contributed by atoms with E-state index in [-0.39, 0.29) is 5.91 Å². The molecule has 0 aliphatic carbocycles. The quantitative estimate of drug-likeness (QED) is 0.813. The van der Waals surface area contributed by atoms with Crippen molar-refractivity contribution in [1.29, 1.82) is 0 Å². The number of benzene rings is 1. The minimum absolute atomic E-state index is 0.131. The van der Waals surface area contributed by atoms with Crippen LogP contribution in [0.15, 0.2) is 30.3 Å². The van der Waals surface area contributed by atoms with Crippen LogP contribution < -0.4 is 5.43 Å². The summed E-state index contributed by atoms with van der Waals surface area (Å²) in [4.78, 5) is 12.1. The molecule has 1 aliphatic heterocycles. The van der Waals surface area contributed by atoms with Crippen LogP contribution in [-0.4, -0.2) is 33.8 Å². The van der Waals surface area contributed by atoms with Gasteiger partial charge in [-0.15, -0.1) is 0 Å². The van der Waals surface area contributed by atoms with E-state index in [1.165, 1.54) is 18.1 Å². The second-order valence-corrected chi connectivity index (χ2v) is 7.15. The average Bonchev–Trinajstić information content (AvgIpc) is 2.89. The van der Waals surface area contributed by atoms with Gasteiger partial charge in [0.15, 0.2) is 0 Å². The summed E-state index contributed by atoms with van der Waals surface area (Å²) >= 11 is 6.49. The molecule has 0 spiro atoms. The molecule has 5 nitrogen and oxygen atoms in total. The maximum absolute atomic E-state index is 12.1. The normalized spacial score (nSPS) is 15.5. The molecule has 0 unspecified atom stereocenters. The predicted octanol–water partition coefficient (Wildman–Crippen LogP) is 3.73. The van der Waals surface area contributed by atoms with E-state index in [4.69, 9.17) is 11.6 Å². The van der Waals surface area contributed by atoms with Crippen LogP contribution in [0.3, 0.4) is 0 Å². The zero-order valence-corrected chi connectivity index (χ0v) is 16.1. The van der Waals surface area contributed by atoms with Crippen LogP contribution in [0.4, 0.5) is 0 Å². The van der Waals surface area contributed by atoms with Gasteiger partial charge >= 0.3 is 0 Å². The Morgan fingerprint density at radius 1 is 1.19 bits per heavy atom. The number of aryl methyl sites for hydroxylation is 2. The van der Waals surface area contributed by atoms with Crippen LogP contribution in [0.25, 0.3) is 6.08 Å². The molecule has 1 aromatic carbocycles. The van der Waals surface area contributed by atoms with Gasteiger partial charge in [-0.2, -0.15) is 5.10 Å². The predicted molar refractivity (Wildman–Crippen MR) is 105 cm³/mol. The molecule has 3 rings (SSSR count). The highest BCUT2D eigenvalue weighted by molar-refractivity contribution is 6.31. The number of aromatic nitrogens is 2. The Kier molecular flexibility index (Phi) is 6.12. The van der Waals surface area contributed by atoms with Crippen molar-refractivity contribution in [3.63, 3.8) is 0 Å². The number of hydrogen-bond donors (Lipinski definition) is 1. The molecule has 26 heavy (non-hydrogen) atoms. The number of rotatable bonds is 5. The maximum atomic E-state index is 12.1. The highest BCUT2D eigenvalue weighted by Crippen LogP contribution is 2.22. The number of carbonyl (C=O) groups excluding carboxylic acids is 1. The number of nitrogens with one attached hydrogen (secondary N) is 1. The molecule has 6 heteroatoms. The summed E-state index contributed by atoms with van der Waals surface area (Å²) in [7, 11) is 0. The Bertz CT molecular complexity index is 789. The summed E-state index contributed by atoms with van der Waals surface area (Å²) in [6.07, 6.45) is 6.76. The van der Waals surface area contributed by atoms with E-state index in [2.05, 4.69) is 41.7 Å². The van der Waals surface area contributed by atoms with Gasteiger partial charge in [-0.25, -0.2) is 9.69 Å². The van der Waals surface area contributed by atoms with Crippen LogP contribution in [0, 0.1) is 13.8 Å². The van der Waals surface area contributed by atoms with Gasteiger partial charge in [0.05, 0.1) is 12.2 Å². The molecule has 0 atom stereocenters. The van der Waals surface area contributed by atoms with E-state index in [0.29, 0.717) is 11.7 Å². The van der Waals surface area contributed by atoms with E-state index in [9.17, 15) is 4.79 Å². The number of nitrogens with zero attached hydrogens (tertiary/aromatic N) is 3. The molecule has 0 radical (unpaired) electrons. The van der Waals surface area contributed by atoms with Crippen LogP contribution in [0.2, 0.25) is 5.15 Å². The second-order valence-electron chi connectivity index (χ2n) is 6.79. The number of piperidine rings is 1. The Morgan fingerprint density at radius 2 is 1.88 bits per heavy atom. The molecule has 138 valence electrons. The number of hydrazine groups is 1. The molecule has 1 N–H and O–H groups in total. The minimum atomic E-state index is -0.131. The molecule has 1 saturated heterocycles. The zero-order valence-electron chi connectivity index (χ0n) is 15.3. The third-order valence-corrected chi connectivity index (χ3v) is 4.99. The third kappa shape index (κ3) is 4.74. The Hall–Kier alpha value is -2.11. The lowest BCUT2D eigenvalue weighted by Crippen LogP contribution is -2.44. The van der Waals surface area contributed by atoms with E-state index in [0.717, 1.165) is 42.8 Å². The Balaban J connectivity index is 1.67. The fraction of sp³-hybridized carbons (Fsp3) is 0.400. The van der Waals surface area contributed by atoms with Gasteiger partial charge in [0.1, 0.15) is 5.15 Å². The molecule has 1 amide bonds. The van der Waals surface area contributed by atoms with Crippen molar-refractivity contribution in [2.45, 2.75) is 39.7 Å². The first kappa shape index (κ1) is 18.7. The fourth-order valence-electron chi connectivity index (χ4n) is 3.09. The van der Waals surface area contributed by atoms with Gasteiger partial charge in [-0.05, 0) is 38.3 Å². The molecular weight excluding hydrogens is 348 g/mol. The lowest BCUT2D eigenvalue weighted by Gasteiger charge is -2.26. The van der Waals surface area contributed by atoms with E-state index >= 15 is 0 Å². The van der Waals surface area contributed by atoms with Crippen molar-refractivity contribution >= 4 is 23.6 Å². The van der Waals surface area contributed by atoms with Crippen molar-refractivity contribution in [1.82, 2.24) is 20.2 Å². The van der Waals surface area contributed by atoms with Gasteiger partial charge in [0.2, 0.25) is 0 Å². The van der Waals surface area contributed by atoms with Gasteiger partial charge in [0.25, 0.3) is 5.91 Å². The highest BCUT2D eigenvalue weighted by atomic mass is 35.5. The molecule has 0 saturated carbocycles. The number of carbonyl (C=O) groups is 1. The molecular formula is C20H25ClN4O. The lowest BCUT2D eigenvalue weighted by molar-refractivity contribution is -0.121. The zero-order chi connectivity index (χ0) is 18.5. The summed E-state index contributed by atoms with van der Waals surface area (Å²) in [5.41, 5.74) is 6.87. The minimum Gasteiger partial charge on any atom is -0.285 e. The Morgan fingerprint density at radius 3 is 2.58 bits per heavy atom. The number of halogens is 1. The van der Waals surface area contributed by atoms with Crippen molar-refractivity contribution < 1.29 is 4.79 Å². The summed E-state index contributed by atoms with van der Waals surface area (Å²) < 4.78 is 1.77. The SMILES string of the molecule is Cc1ccc(Cn2nc(C)c(/C=C/C(=O)NN3CCCCC3)c2Cl)cc1. The largest absolute Gasteiger partial charge is 0.285 e. The third-order valence-electron chi connectivity index (χ3n) is 4.59. The summed E-state index contributed by atoms with van der Waals surface area (Å²) in [6, 6.07) is 8.30. The second kappa shape index (κ2) is 8.52. The molecule has 0 bridgehead atoms. The molecule has 2 aromatic rings. The lowest BCUT2D eigenvalue weighted by atomic mass is 10.1. The first-order chi connectivity index (χ1) is 12.5. The number of hydrogen-bond acceptors (Lipinski definition) is 3. The van der Waals surface area contributed by atoms with Gasteiger partial charge < -0.3 is 0 Å². The molecule has 1 aromatic heterocycles. The monoisotopic (exact) mass is 372 g/mol. The van der Waals surface area contributed by atoms with Gasteiger partial charge in [0, 0.05) is 24.7 Å². The van der Waals surface area contributed by atoms with E-state index < -0.39 is 0 Å². The van der Waals surface area contributed by atoms with Crippen LogP contribution in [-0.2, 0) is 11.3 Å². The van der Waals surface area contributed by atoms with Crippen molar-refractivity contribution in [2.75, 3.05) is 13.1 Å². The molecule has 2 heterocycles. The number of amides is 1.